The maximum Gasteiger partial charge on any atom is 0.230 e. The van der Waals surface area contributed by atoms with Gasteiger partial charge in [0.05, 0.1) is 11.8 Å². The Bertz CT molecular complexity index is 669. The predicted octanol–water partition coefficient (Wildman–Crippen LogP) is 1.18. The molecule has 1 aliphatic heterocycles. The number of halogens is 1. The van der Waals surface area contributed by atoms with Crippen LogP contribution in [0, 0.1) is 24.6 Å². The van der Waals surface area contributed by atoms with Crippen molar-refractivity contribution >= 4 is 23.4 Å². The highest BCUT2D eigenvalue weighted by molar-refractivity contribution is 6.28. The summed E-state index contributed by atoms with van der Waals surface area (Å²) in [5.74, 6) is -4.58. The number of hydrogen-bond donors (Lipinski definition) is 1. The largest absolute Gasteiger partial charge is 0.296 e. The SMILES string of the molecule is Cc1cc2c(cc1F)C(=O)C(C1CCC(=O)NC1=O)C2=O. The Morgan fingerprint density at radius 2 is 1.71 bits per heavy atom. The number of benzene rings is 1. The average Bonchev–Trinajstić information content (AvgIpc) is 2.64. The number of rotatable bonds is 1. The summed E-state index contributed by atoms with van der Waals surface area (Å²) >= 11 is 0. The van der Waals surface area contributed by atoms with Crippen molar-refractivity contribution in [2.24, 2.45) is 11.8 Å². The van der Waals surface area contributed by atoms with Crippen LogP contribution >= 0.6 is 0 Å². The van der Waals surface area contributed by atoms with Gasteiger partial charge in [-0.1, -0.05) is 0 Å². The van der Waals surface area contributed by atoms with E-state index in [1.807, 2.05) is 0 Å². The van der Waals surface area contributed by atoms with Gasteiger partial charge in [-0.15, -0.1) is 0 Å². The molecule has 1 aromatic rings. The van der Waals surface area contributed by atoms with Gasteiger partial charge in [-0.3, -0.25) is 24.5 Å². The molecule has 0 bridgehead atoms. The number of imide groups is 1. The van der Waals surface area contributed by atoms with Crippen molar-refractivity contribution in [3.05, 3.63) is 34.6 Å². The van der Waals surface area contributed by atoms with Gasteiger partial charge in [0.25, 0.3) is 0 Å². The van der Waals surface area contributed by atoms with Gasteiger partial charge in [-0.25, -0.2) is 4.39 Å². The van der Waals surface area contributed by atoms with Gasteiger partial charge in [0, 0.05) is 17.5 Å². The first-order chi connectivity index (χ1) is 9.90. The second-order valence-corrected chi connectivity index (χ2v) is 5.41. The monoisotopic (exact) mass is 289 g/mol. The van der Waals surface area contributed by atoms with E-state index >= 15 is 0 Å². The summed E-state index contributed by atoms with van der Waals surface area (Å²) in [6.45, 7) is 1.51. The number of ketones is 2. The van der Waals surface area contributed by atoms with Crippen LogP contribution in [0.3, 0.4) is 0 Å². The van der Waals surface area contributed by atoms with Crippen molar-refractivity contribution in [3.63, 3.8) is 0 Å². The molecule has 1 saturated heterocycles. The smallest absolute Gasteiger partial charge is 0.230 e. The van der Waals surface area contributed by atoms with Crippen LogP contribution in [0.25, 0.3) is 0 Å². The van der Waals surface area contributed by atoms with Crippen LogP contribution in [0.4, 0.5) is 4.39 Å². The average molecular weight is 289 g/mol. The lowest BCUT2D eigenvalue weighted by molar-refractivity contribution is -0.137. The molecule has 1 N–H and O–H groups in total. The third kappa shape index (κ3) is 1.98. The fourth-order valence-electron chi connectivity index (χ4n) is 2.94. The molecule has 2 atom stereocenters. The molecule has 1 fully saturated rings. The maximum absolute atomic E-state index is 13.6. The molecule has 1 aromatic carbocycles. The van der Waals surface area contributed by atoms with Gasteiger partial charge in [-0.05, 0) is 31.0 Å². The number of Topliss-reactive ketones (excluding diaryl/α,β-unsaturated/α-hetero) is 2. The first-order valence-corrected chi connectivity index (χ1v) is 6.62. The van der Waals surface area contributed by atoms with E-state index in [1.165, 1.54) is 13.0 Å². The Balaban J connectivity index is 2.00. The number of fused-ring (bicyclic) bond motifs is 1. The lowest BCUT2D eigenvalue weighted by Gasteiger charge is -2.23. The molecule has 108 valence electrons. The summed E-state index contributed by atoms with van der Waals surface area (Å²) < 4.78 is 13.6. The fraction of sp³-hybridized carbons (Fsp3) is 0.333. The molecule has 0 aromatic heterocycles. The molecule has 3 rings (SSSR count). The quantitative estimate of drug-likeness (QED) is 0.622. The molecule has 21 heavy (non-hydrogen) atoms. The Hall–Kier alpha value is -2.37. The van der Waals surface area contributed by atoms with E-state index in [4.69, 9.17) is 0 Å². The molecule has 2 unspecified atom stereocenters. The van der Waals surface area contributed by atoms with E-state index in [0.29, 0.717) is 0 Å². The summed E-state index contributed by atoms with van der Waals surface area (Å²) in [5, 5.41) is 2.14. The van der Waals surface area contributed by atoms with E-state index < -0.39 is 41.0 Å². The highest BCUT2D eigenvalue weighted by Gasteiger charge is 2.47. The van der Waals surface area contributed by atoms with E-state index in [0.717, 1.165) is 6.07 Å². The van der Waals surface area contributed by atoms with Gasteiger partial charge >= 0.3 is 0 Å². The van der Waals surface area contributed by atoms with E-state index in [-0.39, 0.29) is 29.5 Å². The Labute approximate surface area is 119 Å². The molecule has 2 amide bonds. The Kier molecular flexibility index (Phi) is 2.97. The second kappa shape index (κ2) is 4.58. The standard InChI is InChI=1S/C15H12FNO4/c1-6-4-8-9(5-10(6)16)14(20)12(13(8)19)7-2-3-11(18)17-15(7)21/h4-5,7,12H,2-3H2,1H3,(H,17,18,21). The number of hydrogen-bond acceptors (Lipinski definition) is 4. The Morgan fingerprint density at radius 1 is 1.10 bits per heavy atom. The summed E-state index contributed by atoms with van der Waals surface area (Å²) in [4.78, 5) is 47.7. The lowest BCUT2D eigenvalue weighted by Crippen LogP contribution is -2.46. The van der Waals surface area contributed by atoms with Crippen LogP contribution in [0.2, 0.25) is 0 Å². The molecule has 2 aliphatic rings. The summed E-state index contributed by atoms with van der Waals surface area (Å²) in [7, 11) is 0. The minimum absolute atomic E-state index is 0.0257. The van der Waals surface area contributed by atoms with Crippen molar-refractivity contribution in [1.82, 2.24) is 5.32 Å². The zero-order chi connectivity index (χ0) is 15.3. The maximum atomic E-state index is 13.6. The second-order valence-electron chi connectivity index (χ2n) is 5.41. The number of amides is 2. The van der Waals surface area contributed by atoms with Crippen molar-refractivity contribution in [1.29, 1.82) is 0 Å². The minimum Gasteiger partial charge on any atom is -0.296 e. The molecule has 0 saturated carbocycles. The van der Waals surface area contributed by atoms with Crippen LogP contribution in [0.5, 0.6) is 0 Å². The van der Waals surface area contributed by atoms with Gasteiger partial charge in [0.1, 0.15) is 5.82 Å². The zero-order valence-electron chi connectivity index (χ0n) is 11.2. The molecule has 0 spiro atoms. The van der Waals surface area contributed by atoms with Crippen molar-refractivity contribution in [2.45, 2.75) is 19.8 Å². The molecule has 0 radical (unpaired) electrons. The first-order valence-electron chi connectivity index (χ1n) is 6.62. The molecule has 6 heteroatoms. The predicted molar refractivity (Wildman–Crippen MR) is 69.2 cm³/mol. The molecular weight excluding hydrogens is 277 g/mol. The zero-order valence-corrected chi connectivity index (χ0v) is 11.2. The lowest BCUT2D eigenvalue weighted by atomic mass is 9.82. The van der Waals surface area contributed by atoms with Crippen LogP contribution in [0.1, 0.15) is 39.1 Å². The van der Waals surface area contributed by atoms with E-state index in [2.05, 4.69) is 5.32 Å². The summed E-state index contributed by atoms with van der Waals surface area (Å²) in [6, 6.07) is 2.40. The van der Waals surface area contributed by atoms with E-state index in [9.17, 15) is 23.6 Å². The van der Waals surface area contributed by atoms with Crippen molar-refractivity contribution in [2.75, 3.05) is 0 Å². The normalized spacial score (nSPS) is 25.0. The highest BCUT2D eigenvalue weighted by Crippen LogP contribution is 2.36. The number of carbonyl (C=O) groups excluding carboxylic acids is 4. The number of piperidine rings is 1. The van der Waals surface area contributed by atoms with Gasteiger partial charge < -0.3 is 0 Å². The molecule has 1 heterocycles. The van der Waals surface area contributed by atoms with Gasteiger partial charge in [-0.2, -0.15) is 0 Å². The van der Waals surface area contributed by atoms with Crippen molar-refractivity contribution in [3.8, 4) is 0 Å². The highest BCUT2D eigenvalue weighted by atomic mass is 19.1. The van der Waals surface area contributed by atoms with Crippen LogP contribution < -0.4 is 5.32 Å². The number of carbonyl (C=O) groups is 4. The topological polar surface area (TPSA) is 80.3 Å². The van der Waals surface area contributed by atoms with E-state index in [1.54, 1.807) is 0 Å². The van der Waals surface area contributed by atoms with Crippen LogP contribution in [-0.2, 0) is 9.59 Å². The summed E-state index contributed by atoms with van der Waals surface area (Å²) in [5.41, 5.74) is 0.463. The van der Waals surface area contributed by atoms with Crippen molar-refractivity contribution < 1.29 is 23.6 Å². The molecular formula is C15H12FNO4. The third-order valence-electron chi connectivity index (χ3n) is 4.08. The first kappa shape index (κ1) is 13.6. The summed E-state index contributed by atoms with van der Waals surface area (Å²) in [6.07, 6.45) is 0.249. The number of nitrogens with one attached hydrogen (secondary N) is 1. The molecule has 1 aliphatic carbocycles. The number of aryl methyl sites for hydroxylation is 1. The van der Waals surface area contributed by atoms with Crippen LogP contribution in [-0.4, -0.2) is 23.4 Å². The minimum atomic E-state index is -1.14. The van der Waals surface area contributed by atoms with Crippen LogP contribution in [0.15, 0.2) is 12.1 Å². The fourth-order valence-corrected chi connectivity index (χ4v) is 2.94. The Morgan fingerprint density at radius 3 is 2.33 bits per heavy atom. The molecule has 5 nitrogen and oxygen atoms in total. The van der Waals surface area contributed by atoms with Gasteiger partial charge in [0.2, 0.25) is 11.8 Å². The third-order valence-corrected chi connectivity index (χ3v) is 4.08. The van der Waals surface area contributed by atoms with Gasteiger partial charge in [0.15, 0.2) is 11.6 Å².